The van der Waals surface area contributed by atoms with Crippen LogP contribution < -0.4 is 27.0 Å². The van der Waals surface area contributed by atoms with Crippen molar-refractivity contribution in [2.75, 3.05) is 12.3 Å². The minimum atomic E-state index is -0.852. The van der Waals surface area contributed by atoms with E-state index in [1.165, 1.54) is 12.1 Å². The summed E-state index contributed by atoms with van der Waals surface area (Å²) in [4.78, 5) is 38.9. The number of benzene rings is 1. The zero-order chi connectivity index (χ0) is 18.7. The van der Waals surface area contributed by atoms with Gasteiger partial charge in [-0.2, -0.15) is 0 Å². The lowest BCUT2D eigenvalue weighted by molar-refractivity contribution is 0.0922. The number of aromatic amines is 2. The summed E-state index contributed by atoms with van der Waals surface area (Å²) >= 11 is 17.9. The van der Waals surface area contributed by atoms with E-state index in [0.29, 0.717) is 0 Å². The lowest BCUT2D eigenvalue weighted by Gasteiger charge is -2.17. The van der Waals surface area contributed by atoms with Crippen LogP contribution in [-0.4, -0.2) is 28.5 Å². The molecule has 0 aliphatic rings. The third kappa shape index (κ3) is 4.47. The molecule has 25 heavy (non-hydrogen) atoms. The number of rotatable bonds is 5. The summed E-state index contributed by atoms with van der Waals surface area (Å²) in [6, 6.07) is 2.52. The maximum atomic E-state index is 12.1. The monoisotopic (exact) mass is 406 g/mol. The van der Waals surface area contributed by atoms with E-state index < -0.39 is 28.9 Å². The van der Waals surface area contributed by atoms with E-state index in [-0.39, 0.29) is 33.1 Å². The third-order valence-electron chi connectivity index (χ3n) is 3.06. The van der Waals surface area contributed by atoms with Gasteiger partial charge in [-0.15, -0.1) is 0 Å². The van der Waals surface area contributed by atoms with Gasteiger partial charge in [0, 0.05) is 0 Å². The van der Waals surface area contributed by atoms with Crippen LogP contribution in [0.25, 0.3) is 0 Å². The van der Waals surface area contributed by atoms with E-state index in [4.69, 9.17) is 45.3 Å². The summed E-state index contributed by atoms with van der Waals surface area (Å²) in [5, 5.41) is 3.21. The second-order valence-electron chi connectivity index (χ2n) is 5.05. The Kier molecular flexibility index (Phi) is 5.99. The van der Waals surface area contributed by atoms with Gasteiger partial charge in [-0.1, -0.05) is 34.8 Å². The summed E-state index contributed by atoms with van der Waals surface area (Å²) in [5.74, 6) is -0.555. The Morgan fingerprint density at radius 1 is 1.24 bits per heavy atom. The number of ether oxygens (including phenoxy) is 1. The van der Waals surface area contributed by atoms with E-state index in [2.05, 4.69) is 10.3 Å². The molecule has 1 aromatic carbocycles. The molecule has 2 aromatic rings. The fraction of sp³-hybridized carbons (Fsp3) is 0.214. The number of carbonyl (C=O) groups excluding carboxylic acids is 1. The average Bonchev–Trinajstić information content (AvgIpc) is 2.54. The van der Waals surface area contributed by atoms with Gasteiger partial charge in [0.15, 0.2) is 5.75 Å². The molecular weight excluding hydrogens is 395 g/mol. The first kappa shape index (κ1) is 19.2. The highest BCUT2D eigenvalue weighted by atomic mass is 35.5. The number of nitrogens with two attached hydrogens (primary N) is 1. The Bertz CT molecular complexity index is 925. The van der Waals surface area contributed by atoms with Crippen molar-refractivity contribution in [1.82, 2.24) is 15.3 Å². The highest BCUT2D eigenvalue weighted by molar-refractivity contribution is 6.44. The molecule has 0 saturated heterocycles. The average molecular weight is 408 g/mol. The molecule has 0 unspecified atom stereocenters. The lowest BCUT2D eigenvalue weighted by atomic mass is 10.3. The van der Waals surface area contributed by atoms with Crippen LogP contribution in [0.3, 0.4) is 0 Å². The van der Waals surface area contributed by atoms with Crippen molar-refractivity contribution in [3.8, 4) is 5.75 Å². The summed E-state index contributed by atoms with van der Waals surface area (Å²) in [6.07, 6.45) is 0. The Morgan fingerprint density at radius 2 is 1.88 bits per heavy atom. The number of nitrogen functional groups attached to an aromatic ring is 1. The van der Waals surface area contributed by atoms with E-state index in [0.717, 1.165) is 0 Å². The molecule has 0 saturated carbocycles. The van der Waals surface area contributed by atoms with Gasteiger partial charge in [0.1, 0.15) is 23.0 Å². The van der Waals surface area contributed by atoms with E-state index >= 15 is 0 Å². The topological polar surface area (TPSA) is 130 Å². The van der Waals surface area contributed by atoms with Crippen molar-refractivity contribution in [2.24, 2.45) is 0 Å². The van der Waals surface area contributed by atoms with Crippen molar-refractivity contribution >= 4 is 46.4 Å². The summed E-state index contributed by atoms with van der Waals surface area (Å²) in [7, 11) is 0. The predicted octanol–water partition coefficient (Wildman–Crippen LogP) is 1.80. The molecule has 0 bridgehead atoms. The molecule has 0 radical (unpaired) electrons. The highest BCUT2D eigenvalue weighted by Crippen LogP contribution is 2.37. The summed E-state index contributed by atoms with van der Waals surface area (Å²) < 4.78 is 5.49. The first-order chi connectivity index (χ1) is 11.7. The number of hydrogen-bond donors (Lipinski definition) is 4. The van der Waals surface area contributed by atoms with Crippen molar-refractivity contribution in [3.05, 3.63) is 53.7 Å². The van der Waals surface area contributed by atoms with Crippen molar-refractivity contribution in [2.45, 2.75) is 13.0 Å². The molecule has 134 valence electrons. The molecule has 11 heteroatoms. The SMILES string of the molecule is C[C@H](COc1c(Cl)ccc(Cl)c1Cl)NC(=O)c1[nH]c(=O)[nH]c(=O)c1N. The van der Waals surface area contributed by atoms with Gasteiger partial charge < -0.3 is 20.8 Å². The second kappa shape index (κ2) is 7.81. The lowest BCUT2D eigenvalue weighted by Crippen LogP contribution is -2.40. The first-order valence-corrected chi connectivity index (χ1v) is 8.03. The molecule has 1 heterocycles. The van der Waals surface area contributed by atoms with Crippen molar-refractivity contribution < 1.29 is 9.53 Å². The zero-order valence-corrected chi connectivity index (χ0v) is 15.1. The standard InChI is InChI=1S/C14H13Cl3N4O4/c1-5(4-25-11-7(16)3-2-6(15)8(11)17)19-13(23)10-9(18)12(22)21-14(24)20-10/h2-3,5H,4,18H2,1H3,(H,19,23)(H2,20,21,22,24)/t5-/m1/s1. The molecule has 2 rings (SSSR count). The minimum absolute atomic E-state index is 0.00114. The quantitative estimate of drug-likeness (QED) is 0.562. The third-order valence-corrected chi connectivity index (χ3v) is 4.15. The largest absolute Gasteiger partial charge is 0.488 e. The summed E-state index contributed by atoms with van der Waals surface area (Å²) in [5.41, 5.74) is 3.07. The van der Waals surface area contributed by atoms with E-state index in [9.17, 15) is 14.4 Å². The maximum Gasteiger partial charge on any atom is 0.326 e. The number of aromatic nitrogens is 2. The van der Waals surface area contributed by atoms with Crippen LogP contribution in [0.4, 0.5) is 5.69 Å². The van der Waals surface area contributed by atoms with Crippen LogP contribution in [0.1, 0.15) is 17.4 Å². The Morgan fingerprint density at radius 3 is 2.56 bits per heavy atom. The number of hydrogen-bond acceptors (Lipinski definition) is 5. The molecule has 1 aromatic heterocycles. The molecule has 0 aliphatic carbocycles. The Hall–Kier alpha value is -2.16. The van der Waals surface area contributed by atoms with Crippen LogP contribution >= 0.6 is 34.8 Å². The highest BCUT2D eigenvalue weighted by Gasteiger charge is 2.18. The van der Waals surface area contributed by atoms with Crippen LogP contribution in [0.5, 0.6) is 5.75 Å². The molecular formula is C14H13Cl3N4O4. The molecule has 5 N–H and O–H groups in total. The van der Waals surface area contributed by atoms with Crippen LogP contribution in [0, 0.1) is 0 Å². The van der Waals surface area contributed by atoms with Gasteiger partial charge in [-0.05, 0) is 19.1 Å². The smallest absolute Gasteiger partial charge is 0.326 e. The van der Waals surface area contributed by atoms with Crippen molar-refractivity contribution in [3.63, 3.8) is 0 Å². The molecule has 1 amide bonds. The minimum Gasteiger partial charge on any atom is -0.488 e. The van der Waals surface area contributed by atoms with Gasteiger partial charge in [0.05, 0.1) is 16.1 Å². The molecule has 0 spiro atoms. The second-order valence-corrected chi connectivity index (χ2v) is 6.25. The van der Waals surface area contributed by atoms with Crippen LogP contribution in [-0.2, 0) is 0 Å². The van der Waals surface area contributed by atoms with Gasteiger partial charge in [-0.3, -0.25) is 14.6 Å². The van der Waals surface area contributed by atoms with E-state index in [1.807, 2.05) is 4.98 Å². The Balaban J connectivity index is 2.08. The van der Waals surface area contributed by atoms with Gasteiger partial charge >= 0.3 is 5.69 Å². The van der Waals surface area contributed by atoms with E-state index in [1.54, 1.807) is 6.92 Å². The number of halogens is 3. The van der Waals surface area contributed by atoms with Gasteiger partial charge in [0.2, 0.25) is 0 Å². The van der Waals surface area contributed by atoms with Gasteiger partial charge in [-0.25, -0.2) is 4.79 Å². The Labute approximate surface area is 156 Å². The number of carbonyl (C=O) groups is 1. The first-order valence-electron chi connectivity index (χ1n) is 6.90. The number of anilines is 1. The number of nitrogens with one attached hydrogen (secondary N) is 3. The molecule has 0 aliphatic heterocycles. The van der Waals surface area contributed by atoms with Crippen molar-refractivity contribution in [1.29, 1.82) is 0 Å². The molecule has 0 fully saturated rings. The maximum absolute atomic E-state index is 12.1. The predicted molar refractivity (Wildman–Crippen MR) is 96.0 cm³/mol. The number of amides is 1. The fourth-order valence-corrected chi connectivity index (χ4v) is 2.49. The molecule has 8 nitrogen and oxygen atoms in total. The van der Waals surface area contributed by atoms with Gasteiger partial charge in [0.25, 0.3) is 11.5 Å². The zero-order valence-electron chi connectivity index (χ0n) is 12.8. The molecule has 1 atom stereocenters. The fourth-order valence-electron chi connectivity index (χ4n) is 1.86. The summed E-state index contributed by atoms with van der Waals surface area (Å²) in [6.45, 7) is 1.63. The number of H-pyrrole nitrogens is 2. The van der Waals surface area contributed by atoms with Crippen LogP contribution in [0.2, 0.25) is 15.1 Å². The van der Waals surface area contributed by atoms with Crippen LogP contribution in [0.15, 0.2) is 21.7 Å². The normalized spacial score (nSPS) is 11.8.